The van der Waals surface area contributed by atoms with Crippen molar-refractivity contribution >= 4 is 58.8 Å². The molecule has 0 aromatic heterocycles. The summed E-state index contributed by atoms with van der Waals surface area (Å²) in [7, 11) is 5.87. The fourth-order valence-electron chi connectivity index (χ4n) is 11.6. The quantitative estimate of drug-likeness (QED) is 0.0261. The summed E-state index contributed by atoms with van der Waals surface area (Å²) in [6.07, 6.45) is 1.38. The second kappa shape index (κ2) is 45.6. The van der Waals surface area contributed by atoms with E-state index < -0.39 is 17.9 Å². The van der Waals surface area contributed by atoms with Gasteiger partial charge in [0, 0.05) is 89.5 Å². The Kier molecular flexibility index (Phi) is 35.5. The Morgan fingerprint density at radius 3 is 0.626 bits per heavy atom. The predicted molar refractivity (Wildman–Crippen MR) is 411 cm³/mol. The number of aliphatic carboxylic acids is 3. The van der Waals surface area contributed by atoms with Crippen molar-refractivity contribution in [2.75, 3.05) is 28.4 Å². The maximum atomic E-state index is 12.5. The van der Waals surface area contributed by atoms with E-state index in [2.05, 4.69) is 0 Å². The van der Waals surface area contributed by atoms with E-state index in [1.807, 2.05) is 207 Å². The number of rotatable bonds is 32. The van der Waals surface area contributed by atoms with E-state index in [-0.39, 0.29) is 128 Å². The van der Waals surface area contributed by atoms with E-state index in [0.717, 1.165) is 33.4 Å². The smallest absolute Gasteiger partial charge is 0.306 e. The Bertz CT molecular complexity index is 4390. The zero-order valence-electron chi connectivity index (χ0n) is 60.7. The van der Waals surface area contributed by atoms with E-state index in [1.54, 1.807) is 99.1 Å². The fourth-order valence-corrected chi connectivity index (χ4v) is 11.6. The molecule has 5 atom stereocenters. The molecular weight excluding hydrogens is 1350 g/mol. The number of aryl methyl sites for hydroxylation is 1. The van der Waals surface area contributed by atoms with E-state index in [4.69, 9.17) is 34.3 Å². The standard InChI is InChI=1S/C19H20O4.C18H18O4.2C18H18O3.C17H16O3/c1-22-17-10-8-15(9-11-17)18(20)12-16(13-19(21)23-2)14-6-4-3-5-7-14;1-22-16-9-7-14(8-10-16)17(19)11-15(12-18(20)21)13-5-3-2-4-6-13;1-21-18(20)13-16(14-8-4-2-5-9-14)12-17(19)15-10-6-3-7-11-15;1-13-7-9-15(10-8-13)17(19)11-16(12-18(20)21)14-5-3-2-4-6-14;18-16(14-9-5-2-6-10-14)11-15(12-17(19)20)13-7-3-1-4-8-13/h3-11,16H,12-13H2,1-2H3;2-10,15H,11-12H2,1H3,(H,20,21);2-11,16H,12-13H2,1H3;2-10,16H,11-12H2,1H3,(H,20,21);1-10,15H,11-12H2,(H,19,20). The summed E-state index contributed by atoms with van der Waals surface area (Å²) in [5, 5.41) is 27.1. The van der Waals surface area contributed by atoms with Gasteiger partial charge in [-0.3, -0.25) is 47.9 Å². The van der Waals surface area contributed by atoms with Crippen LogP contribution in [0.4, 0.5) is 0 Å². The van der Waals surface area contributed by atoms with Crippen molar-refractivity contribution in [3.05, 3.63) is 346 Å². The van der Waals surface area contributed by atoms with Crippen LogP contribution in [0.15, 0.2) is 285 Å². The molecule has 0 aliphatic rings. The maximum Gasteiger partial charge on any atom is 0.306 e. The number of carbonyl (C=O) groups excluding carboxylic acids is 7. The molecule has 10 aromatic carbocycles. The van der Waals surface area contributed by atoms with Gasteiger partial charge in [0.15, 0.2) is 28.9 Å². The Hall–Kier alpha value is -12.5. The minimum absolute atomic E-state index is 0.00888. The third kappa shape index (κ3) is 30.0. The molecule has 0 heterocycles. The van der Waals surface area contributed by atoms with E-state index in [0.29, 0.717) is 45.7 Å². The zero-order valence-corrected chi connectivity index (χ0v) is 60.7. The summed E-state index contributed by atoms with van der Waals surface area (Å²) >= 11 is 0. The van der Waals surface area contributed by atoms with Crippen molar-refractivity contribution in [1.82, 2.24) is 0 Å². The van der Waals surface area contributed by atoms with Crippen LogP contribution in [-0.4, -0.2) is 103 Å². The molecule has 0 aliphatic carbocycles. The van der Waals surface area contributed by atoms with Crippen LogP contribution in [0.5, 0.6) is 11.5 Å². The summed E-state index contributed by atoms with van der Waals surface area (Å²) in [4.78, 5) is 118. The number of methoxy groups -OCH3 is 4. The lowest BCUT2D eigenvalue weighted by atomic mass is 9.89. The van der Waals surface area contributed by atoms with Crippen LogP contribution in [0.25, 0.3) is 0 Å². The predicted octanol–water partition coefficient (Wildman–Crippen LogP) is 18.1. The second-order valence-corrected chi connectivity index (χ2v) is 25.1. The van der Waals surface area contributed by atoms with Crippen LogP contribution in [0.2, 0.25) is 0 Å². The third-order valence-corrected chi connectivity index (χ3v) is 17.4. The number of esters is 2. The van der Waals surface area contributed by atoms with E-state index in [1.165, 1.54) is 14.2 Å². The Balaban J connectivity index is 0.000000209. The van der Waals surface area contributed by atoms with Crippen LogP contribution in [0.3, 0.4) is 0 Å². The summed E-state index contributed by atoms with van der Waals surface area (Å²) in [6, 6.07) is 86.4. The molecular formula is C90H90O17. The maximum absolute atomic E-state index is 12.5. The number of Topliss-reactive ketones (excluding diaryl/α,β-unsaturated/α-hetero) is 5. The molecule has 0 fully saturated rings. The SMILES string of the molecule is COC(=O)CC(CC(=O)c1ccc(OC)cc1)c1ccccc1.COC(=O)CC(CC(=O)c1ccccc1)c1ccccc1.COc1ccc(C(=O)CC(CC(=O)O)c2ccccc2)cc1.Cc1ccc(C(=O)CC(CC(=O)O)c2ccccc2)cc1.O=C(O)CC(CC(=O)c1ccccc1)c1ccccc1. The van der Waals surface area contributed by atoms with Gasteiger partial charge in [-0.25, -0.2) is 0 Å². The lowest BCUT2D eigenvalue weighted by molar-refractivity contribution is -0.142. The van der Waals surface area contributed by atoms with Crippen LogP contribution in [0, 0.1) is 6.92 Å². The van der Waals surface area contributed by atoms with E-state index >= 15 is 0 Å². The van der Waals surface area contributed by atoms with Gasteiger partial charge in [-0.1, -0.05) is 242 Å². The van der Waals surface area contributed by atoms with Gasteiger partial charge in [-0.15, -0.1) is 0 Å². The molecule has 10 aromatic rings. The molecule has 107 heavy (non-hydrogen) atoms. The number of hydrogen-bond acceptors (Lipinski definition) is 14. The molecule has 10 rings (SSSR count). The molecule has 0 bridgehead atoms. The summed E-state index contributed by atoms with van der Waals surface area (Å²) in [5.41, 5.74) is 8.77. The largest absolute Gasteiger partial charge is 0.497 e. The van der Waals surface area contributed by atoms with Gasteiger partial charge in [-0.2, -0.15) is 0 Å². The van der Waals surface area contributed by atoms with Gasteiger partial charge >= 0.3 is 29.8 Å². The summed E-state index contributed by atoms with van der Waals surface area (Å²) in [6.45, 7) is 1.96. The van der Waals surface area contributed by atoms with Gasteiger partial charge < -0.3 is 34.3 Å². The number of hydrogen-bond donors (Lipinski definition) is 3. The molecule has 5 unspecified atom stereocenters. The number of carboxylic acids is 3. The number of carbonyl (C=O) groups is 10. The zero-order chi connectivity index (χ0) is 77.3. The Labute approximate surface area is 624 Å². The molecule has 17 nitrogen and oxygen atoms in total. The number of benzene rings is 10. The average Bonchev–Trinajstić information content (AvgIpc) is 0.838. The lowest BCUT2D eigenvalue weighted by Gasteiger charge is -2.15. The number of ketones is 5. The molecule has 0 amide bonds. The first-order valence-electron chi connectivity index (χ1n) is 34.8. The van der Waals surface area contributed by atoms with E-state index in [9.17, 15) is 47.9 Å². The highest BCUT2D eigenvalue weighted by atomic mass is 16.5. The van der Waals surface area contributed by atoms with Gasteiger partial charge in [0.2, 0.25) is 0 Å². The fraction of sp³-hybridized carbons (Fsp3) is 0.222. The minimum Gasteiger partial charge on any atom is -0.497 e. The highest BCUT2D eigenvalue weighted by molar-refractivity contribution is 5.99. The van der Waals surface area contributed by atoms with Gasteiger partial charge in [0.25, 0.3) is 0 Å². The van der Waals surface area contributed by atoms with Crippen molar-refractivity contribution in [3.63, 3.8) is 0 Å². The minimum atomic E-state index is -0.906. The molecule has 3 N–H and O–H groups in total. The third-order valence-electron chi connectivity index (χ3n) is 17.4. The molecule has 0 aliphatic heterocycles. The van der Waals surface area contributed by atoms with Gasteiger partial charge in [0.1, 0.15) is 11.5 Å². The topological polar surface area (TPSA) is 268 Å². The first-order valence-corrected chi connectivity index (χ1v) is 34.8. The Morgan fingerprint density at radius 1 is 0.243 bits per heavy atom. The second-order valence-electron chi connectivity index (χ2n) is 25.1. The van der Waals surface area contributed by atoms with Crippen molar-refractivity contribution in [1.29, 1.82) is 0 Å². The molecule has 0 radical (unpaired) electrons. The first kappa shape index (κ1) is 83.4. The number of ether oxygens (including phenoxy) is 4. The van der Waals surface area contributed by atoms with Crippen molar-refractivity contribution in [2.24, 2.45) is 0 Å². The van der Waals surface area contributed by atoms with Crippen molar-refractivity contribution in [3.8, 4) is 11.5 Å². The van der Waals surface area contributed by atoms with Crippen LogP contribution < -0.4 is 9.47 Å². The molecule has 0 spiro atoms. The highest BCUT2D eigenvalue weighted by Gasteiger charge is 2.25. The molecule has 17 heteroatoms. The van der Waals surface area contributed by atoms with Gasteiger partial charge in [0.05, 0.1) is 60.5 Å². The van der Waals surface area contributed by atoms with Crippen LogP contribution in [0.1, 0.15) is 179 Å². The van der Waals surface area contributed by atoms with Crippen LogP contribution in [-0.2, 0) is 33.4 Å². The summed E-state index contributed by atoms with van der Waals surface area (Å²) in [5.74, 6) is -3.28. The highest BCUT2D eigenvalue weighted by Crippen LogP contribution is 2.31. The lowest BCUT2D eigenvalue weighted by Crippen LogP contribution is -2.13. The number of carboxylic acid groups (broad SMARTS) is 3. The van der Waals surface area contributed by atoms with Crippen molar-refractivity contribution in [2.45, 2.75) is 101 Å². The monoisotopic (exact) mass is 1440 g/mol. The van der Waals surface area contributed by atoms with Crippen molar-refractivity contribution < 1.29 is 82.2 Å². The molecule has 0 saturated heterocycles. The van der Waals surface area contributed by atoms with Gasteiger partial charge in [-0.05, 0) is 83.3 Å². The Morgan fingerprint density at radius 2 is 0.430 bits per heavy atom. The molecule has 0 saturated carbocycles. The normalized spacial score (nSPS) is 11.7. The van der Waals surface area contributed by atoms with Crippen LogP contribution >= 0.6 is 0 Å². The molecule has 552 valence electrons. The average molecular weight is 1440 g/mol. The first-order chi connectivity index (χ1) is 51.7. The summed E-state index contributed by atoms with van der Waals surface area (Å²) < 4.78 is 19.6.